The normalized spacial score (nSPS) is 24.0. The van der Waals surface area contributed by atoms with Crippen molar-refractivity contribution in [2.75, 3.05) is 11.9 Å². The number of rotatable bonds is 3. The van der Waals surface area contributed by atoms with Crippen LogP contribution in [0.4, 0.5) is 10.5 Å². The highest BCUT2D eigenvalue weighted by atomic mass is 16.2. The van der Waals surface area contributed by atoms with Gasteiger partial charge in [0.15, 0.2) is 0 Å². The molecule has 7 nitrogen and oxygen atoms in total. The molecule has 1 saturated heterocycles. The lowest BCUT2D eigenvalue weighted by atomic mass is 9.97. The topological polar surface area (TPSA) is 90.5 Å². The lowest BCUT2D eigenvalue weighted by molar-refractivity contribution is -0.121. The molecular weight excluding hydrogens is 320 g/mol. The van der Waals surface area contributed by atoms with Gasteiger partial charge < -0.3 is 20.9 Å². The largest absolute Gasteiger partial charge is 0.354 e. The van der Waals surface area contributed by atoms with Gasteiger partial charge in [-0.3, -0.25) is 9.59 Å². The molecule has 3 N–H and O–H groups in total. The lowest BCUT2D eigenvalue weighted by Crippen LogP contribution is -2.55. The summed E-state index contributed by atoms with van der Waals surface area (Å²) >= 11 is 0. The molecule has 134 valence electrons. The Kier molecular flexibility index (Phi) is 4.92. The molecule has 3 rings (SSSR count). The fourth-order valence-electron chi connectivity index (χ4n) is 3.36. The van der Waals surface area contributed by atoms with Gasteiger partial charge in [-0.1, -0.05) is 38.5 Å². The number of nitrogens with one attached hydrogen (secondary N) is 3. The van der Waals surface area contributed by atoms with Crippen LogP contribution in [0.3, 0.4) is 0 Å². The predicted molar refractivity (Wildman–Crippen MR) is 93.8 cm³/mol. The van der Waals surface area contributed by atoms with E-state index in [2.05, 4.69) is 16.0 Å². The van der Waals surface area contributed by atoms with Gasteiger partial charge in [0.25, 0.3) is 0 Å². The van der Waals surface area contributed by atoms with Crippen LogP contribution in [-0.2, 0) is 16.1 Å². The third kappa shape index (κ3) is 3.45. The Morgan fingerprint density at radius 1 is 1.32 bits per heavy atom. The van der Waals surface area contributed by atoms with E-state index in [1.165, 1.54) is 0 Å². The summed E-state index contributed by atoms with van der Waals surface area (Å²) in [5, 5.41) is 8.42. The van der Waals surface area contributed by atoms with Gasteiger partial charge in [0.05, 0.1) is 6.54 Å². The number of fused-ring (bicyclic) bond motifs is 1. The zero-order chi connectivity index (χ0) is 18.0. The van der Waals surface area contributed by atoms with Crippen molar-refractivity contribution < 1.29 is 14.4 Å². The monoisotopic (exact) mass is 344 g/mol. The molecule has 4 amide bonds. The van der Waals surface area contributed by atoms with E-state index in [1.54, 1.807) is 4.90 Å². The van der Waals surface area contributed by atoms with E-state index < -0.39 is 12.1 Å². The van der Waals surface area contributed by atoms with E-state index in [4.69, 9.17) is 0 Å². The zero-order valence-corrected chi connectivity index (χ0v) is 14.5. The Labute approximate surface area is 147 Å². The molecule has 2 aliphatic rings. The molecule has 7 heteroatoms. The molecular formula is C18H24N4O3. The molecule has 1 aromatic rings. The van der Waals surface area contributed by atoms with Crippen molar-refractivity contribution in [3.63, 3.8) is 0 Å². The summed E-state index contributed by atoms with van der Waals surface area (Å²) in [6, 6.07) is 5.99. The number of hydrogen-bond donors (Lipinski definition) is 3. The number of benzene rings is 1. The second-order valence-corrected chi connectivity index (χ2v) is 6.69. The molecule has 25 heavy (non-hydrogen) atoms. The van der Waals surface area contributed by atoms with Crippen LogP contribution in [0.1, 0.15) is 32.3 Å². The number of nitrogens with zero attached hydrogens (tertiary/aromatic N) is 1. The van der Waals surface area contributed by atoms with Crippen molar-refractivity contribution in [3.05, 3.63) is 29.8 Å². The van der Waals surface area contributed by atoms with Gasteiger partial charge >= 0.3 is 6.03 Å². The highest BCUT2D eigenvalue weighted by Crippen LogP contribution is 2.27. The highest BCUT2D eigenvalue weighted by molar-refractivity contribution is 5.99. The van der Waals surface area contributed by atoms with Gasteiger partial charge in [-0.05, 0) is 24.0 Å². The van der Waals surface area contributed by atoms with Gasteiger partial charge in [0, 0.05) is 12.2 Å². The van der Waals surface area contributed by atoms with E-state index in [1.807, 2.05) is 38.1 Å². The molecule has 0 saturated carbocycles. The first-order chi connectivity index (χ1) is 12.0. The number of anilines is 1. The van der Waals surface area contributed by atoms with Crippen LogP contribution in [0.15, 0.2) is 24.3 Å². The van der Waals surface area contributed by atoms with Crippen LogP contribution in [0.25, 0.3) is 0 Å². The molecule has 0 aromatic heterocycles. The van der Waals surface area contributed by atoms with Gasteiger partial charge in [-0.2, -0.15) is 0 Å². The van der Waals surface area contributed by atoms with E-state index in [9.17, 15) is 14.4 Å². The standard InChI is InChI=1S/C18H24N4O3/c1-3-11(2)15-17(24)20-13-7-5-4-6-12(13)10-22(15)18(25)21-14-8-9-19-16(14)23/h4-7,11,14-15H,3,8-10H2,1-2H3,(H,19,23)(H,20,24)(H,21,25)/t11-,14-,15-/m0/s1. The summed E-state index contributed by atoms with van der Waals surface area (Å²) in [7, 11) is 0. The molecule has 0 spiro atoms. The van der Waals surface area contributed by atoms with Crippen LogP contribution in [0.5, 0.6) is 0 Å². The van der Waals surface area contributed by atoms with Gasteiger partial charge in [0.1, 0.15) is 12.1 Å². The summed E-state index contributed by atoms with van der Waals surface area (Å²) in [6.45, 7) is 4.84. The average molecular weight is 344 g/mol. The van der Waals surface area contributed by atoms with E-state index in [0.29, 0.717) is 19.5 Å². The van der Waals surface area contributed by atoms with Gasteiger partial charge in [0.2, 0.25) is 11.8 Å². The van der Waals surface area contributed by atoms with Crippen LogP contribution < -0.4 is 16.0 Å². The van der Waals surface area contributed by atoms with Crippen molar-refractivity contribution in [2.45, 2.75) is 45.3 Å². The maximum atomic E-state index is 12.9. The summed E-state index contributed by atoms with van der Waals surface area (Å²) < 4.78 is 0. The third-order valence-electron chi connectivity index (χ3n) is 5.01. The minimum Gasteiger partial charge on any atom is -0.354 e. The number of hydrogen-bond acceptors (Lipinski definition) is 3. The predicted octanol–water partition coefficient (Wildman–Crippen LogP) is 1.45. The second kappa shape index (κ2) is 7.13. The van der Waals surface area contributed by atoms with Crippen molar-refractivity contribution in [2.24, 2.45) is 5.92 Å². The Morgan fingerprint density at radius 2 is 2.08 bits per heavy atom. The van der Waals surface area contributed by atoms with Crippen LogP contribution in [-0.4, -0.2) is 41.4 Å². The maximum Gasteiger partial charge on any atom is 0.319 e. The van der Waals surface area contributed by atoms with Gasteiger partial charge in [-0.15, -0.1) is 0 Å². The van der Waals surface area contributed by atoms with Crippen LogP contribution >= 0.6 is 0 Å². The zero-order valence-electron chi connectivity index (χ0n) is 14.5. The molecule has 0 unspecified atom stereocenters. The highest BCUT2D eigenvalue weighted by Gasteiger charge is 2.38. The van der Waals surface area contributed by atoms with E-state index in [0.717, 1.165) is 17.7 Å². The maximum absolute atomic E-state index is 12.9. The first kappa shape index (κ1) is 17.3. The van der Waals surface area contributed by atoms with Gasteiger partial charge in [-0.25, -0.2) is 4.79 Å². The number of carbonyl (C=O) groups excluding carboxylic acids is 3. The number of urea groups is 1. The number of para-hydroxylation sites is 1. The average Bonchev–Trinajstić information content (AvgIpc) is 2.92. The molecule has 3 atom stereocenters. The Balaban J connectivity index is 1.89. The van der Waals surface area contributed by atoms with Crippen LogP contribution in [0.2, 0.25) is 0 Å². The van der Waals surface area contributed by atoms with Crippen molar-refractivity contribution >= 4 is 23.5 Å². The van der Waals surface area contributed by atoms with E-state index in [-0.39, 0.29) is 23.8 Å². The summed E-state index contributed by atoms with van der Waals surface area (Å²) in [5.41, 5.74) is 1.61. The lowest BCUT2D eigenvalue weighted by Gasteiger charge is -2.33. The molecule has 1 fully saturated rings. The summed E-state index contributed by atoms with van der Waals surface area (Å²) in [4.78, 5) is 39.0. The Bertz CT molecular complexity index is 691. The third-order valence-corrected chi connectivity index (χ3v) is 5.01. The second-order valence-electron chi connectivity index (χ2n) is 6.69. The number of carbonyl (C=O) groups is 3. The minimum atomic E-state index is -0.582. The summed E-state index contributed by atoms with van der Waals surface area (Å²) in [6.07, 6.45) is 1.33. The first-order valence-electron chi connectivity index (χ1n) is 8.75. The molecule has 1 aromatic carbocycles. The van der Waals surface area contributed by atoms with E-state index >= 15 is 0 Å². The fourth-order valence-corrected chi connectivity index (χ4v) is 3.36. The SMILES string of the molecule is CC[C@H](C)[C@H]1C(=O)Nc2ccccc2CN1C(=O)N[C@H]1CCNC1=O. The van der Waals surface area contributed by atoms with Crippen molar-refractivity contribution in [3.8, 4) is 0 Å². The smallest absolute Gasteiger partial charge is 0.319 e. The fraction of sp³-hybridized carbons (Fsp3) is 0.500. The Morgan fingerprint density at radius 3 is 2.76 bits per heavy atom. The van der Waals surface area contributed by atoms with Crippen LogP contribution in [0, 0.1) is 5.92 Å². The first-order valence-corrected chi connectivity index (χ1v) is 8.75. The van der Waals surface area contributed by atoms with Crippen molar-refractivity contribution in [1.29, 1.82) is 0 Å². The van der Waals surface area contributed by atoms with Crippen molar-refractivity contribution in [1.82, 2.24) is 15.5 Å². The quantitative estimate of drug-likeness (QED) is 0.775. The molecule has 0 aliphatic carbocycles. The number of amides is 4. The summed E-state index contributed by atoms with van der Waals surface area (Å²) in [5.74, 6) is -0.365. The molecule has 0 radical (unpaired) electrons. The Hall–Kier alpha value is -2.57. The molecule has 2 heterocycles. The minimum absolute atomic E-state index is 0.00235. The molecule has 0 bridgehead atoms. The molecule has 2 aliphatic heterocycles.